The van der Waals surface area contributed by atoms with Crippen LogP contribution < -0.4 is 20.5 Å². The van der Waals surface area contributed by atoms with E-state index in [4.69, 9.17) is 15.2 Å². The number of hydrogen-bond acceptors (Lipinski definition) is 7. The standard InChI is InChI=1S/C24H19F2N7O3/c25-24(26)36-20-7-6-15(35-19-5-2-1-4-14(19)11-27)10-16(20)21-18(13-29-32-21)31-23(34)17-12-30-33-9-3-8-28-22(17)33/h1-10,12-13,24H,11,27H2,(H,29,32)(H,31,34). The van der Waals surface area contributed by atoms with Crippen molar-refractivity contribution in [3.05, 3.63) is 84.4 Å². The number of benzene rings is 2. The van der Waals surface area contributed by atoms with Crippen LogP contribution in [0.5, 0.6) is 17.2 Å². The number of alkyl halides is 2. The number of carbonyl (C=O) groups excluding carboxylic acids is 1. The van der Waals surface area contributed by atoms with Gasteiger partial charge in [-0.3, -0.25) is 9.89 Å². The summed E-state index contributed by atoms with van der Waals surface area (Å²) in [6.07, 6.45) is 6.01. The third-order valence-electron chi connectivity index (χ3n) is 5.26. The van der Waals surface area contributed by atoms with Gasteiger partial charge in [-0.05, 0) is 30.3 Å². The smallest absolute Gasteiger partial charge is 0.387 e. The monoisotopic (exact) mass is 491 g/mol. The Morgan fingerprint density at radius 2 is 2.03 bits per heavy atom. The lowest BCUT2D eigenvalue weighted by Crippen LogP contribution is -2.12. The Kier molecular flexibility index (Phi) is 6.24. The molecule has 182 valence electrons. The molecule has 0 saturated heterocycles. The fourth-order valence-electron chi connectivity index (χ4n) is 3.62. The molecule has 0 atom stereocenters. The number of nitrogens with one attached hydrogen (secondary N) is 2. The molecule has 10 nitrogen and oxygen atoms in total. The van der Waals surface area contributed by atoms with Crippen LogP contribution in [0.15, 0.2) is 73.3 Å². The predicted molar refractivity (Wildman–Crippen MR) is 126 cm³/mol. The van der Waals surface area contributed by atoms with E-state index >= 15 is 0 Å². The molecule has 5 aromatic rings. The first kappa shape index (κ1) is 22.9. The largest absolute Gasteiger partial charge is 0.457 e. The fourth-order valence-corrected chi connectivity index (χ4v) is 3.62. The van der Waals surface area contributed by atoms with Crippen molar-refractivity contribution >= 4 is 17.2 Å². The van der Waals surface area contributed by atoms with Crippen molar-refractivity contribution in [2.75, 3.05) is 5.32 Å². The van der Waals surface area contributed by atoms with Crippen molar-refractivity contribution in [1.29, 1.82) is 0 Å². The van der Waals surface area contributed by atoms with Gasteiger partial charge in [-0.15, -0.1) is 0 Å². The van der Waals surface area contributed by atoms with Crippen LogP contribution in [0.25, 0.3) is 16.9 Å². The van der Waals surface area contributed by atoms with E-state index in [0.29, 0.717) is 17.1 Å². The number of rotatable bonds is 8. The van der Waals surface area contributed by atoms with E-state index in [2.05, 4.69) is 25.6 Å². The Morgan fingerprint density at radius 1 is 1.17 bits per heavy atom. The van der Waals surface area contributed by atoms with E-state index in [9.17, 15) is 13.6 Å². The fraction of sp³-hybridized carbons (Fsp3) is 0.0833. The molecule has 0 aliphatic rings. The van der Waals surface area contributed by atoms with Crippen LogP contribution in [0.3, 0.4) is 0 Å². The van der Waals surface area contributed by atoms with Crippen LogP contribution in [0.4, 0.5) is 14.5 Å². The molecule has 0 aliphatic carbocycles. The number of nitrogens with zero attached hydrogens (tertiary/aromatic N) is 4. The first-order valence-electron chi connectivity index (χ1n) is 10.7. The number of carbonyl (C=O) groups is 1. The molecule has 36 heavy (non-hydrogen) atoms. The molecule has 3 aromatic heterocycles. The van der Waals surface area contributed by atoms with E-state index < -0.39 is 12.5 Å². The zero-order chi connectivity index (χ0) is 25.1. The average molecular weight is 491 g/mol. The Balaban J connectivity index is 1.49. The average Bonchev–Trinajstić information content (AvgIpc) is 3.52. The minimum atomic E-state index is -3.07. The van der Waals surface area contributed by atoms with Crippen molar-refractivity contribution in [2.24, 2.45) is 5.73 Å². The van der Waals surface area contributed by atoms with E-state index in [1.54, 1.807) is 30.6 Å². The van der Waals surface area contributed by atoms with Gasteiger partial charge in [0.25, 0.3) is 5.91 Å². The SMILES string of the molecule is NCc1ccccc1Oc1ccc(OC(F)F)c(-c2n[nH]cc2NC(=O)c2cnn3cccnc23)c1. The number of anilines is 1. The number of ether oxygens (including phenoxy) is 2. The van der Waals surface area contributed by atoms with Crippen molar-refractivity contribution in [2.45, 2.75) is 13.2 Å². The number of aromatic amines is 1. The number of aromatic nitrogens is 5. The second-order valence-electron chi connectivity index (χ2n) is 7.50. The summed E-state index contributed by atoms with van der Waals surface area (Å²) in [5.74, 6) is 0.195. The molecule has 5 rings (SSSR count). The molecule has 0 aliphatic heterocycles. The van der Waals surface area contributed by atoms with Gasteiger partial charge < -0.3 is 20.5 Å². The molecule has 2 aromatic carbocycles. The summed E-state index contributed by atoms with van der Waals surface area (Å²) in [6.45, 7) is -2.82. The maximum absolute atomic E-state index is 13.2. The summed E-state index contributed by atoms with van der Waals surface area (Å²) in [7, 11) is 0. The third-order valence-corrected chi connectivity index (χ3v) is 5.26. The molecule has 0 fully saturated rings. The zero-order valence-electron chi connectivity index (χ0n) is 18.6. The van der Waals surface area contributed by atoms with Gasteiger partial charge in [0, 0.05) is 30.7 Å². The number of H-pyrrole nitrogens is 1. The molecule has 0 bridgehead atoms. The number of amides is 1. The molecule has 4 N–H and O–H groups in total. The second-order valence-corrected chi connectivity index (χ2v) is 7.50. The second kappa shape index (κ2) is 9.80. The molecule has 3 heterocycles. The maximum Gasteiger partial charge on any atom is 0.387 e. The molecule has 0 saturated carbocycles. The number of para-hydroxylation sites is 1. The highest BCUT2D eigenvalue weighted by Gasteiger charge is 2.21. The molecule has 12 heteroatoms. The van der Waals surface area contributed by atoms with Gasteiger partial charge in [-0.2, -0.15) is 19.0 Å². The van der Waals surface area contributed by atoms with Gasteiger partial charge >= 0.3 is 6.61 Å². The minimum absolute atomic E-state index is 0.148. The topological polar surface area (TPSA) is 132 Å². The van der Waals surface area contributed by atoms with Crippen molar-refractivity contribution < 1.29 is 23.0 Å². The number of nitrogens with two attached hydrogens (primary N) is 1. The number of hydrogen-bond donors (Lipinski definition) is 3. The van der Waals surface area contributed by atoms with Gasteiger partial charge in [0.2, 0.25) is 0 Å². The normalized spacial score (nSPS) is 11.1. The van der Waals surface area contributed by atoms with Gasteiger partial charge in [0.15, 0.2) is 5.65 Å². The summed E-state index contributed by atoms with van der Waals surface area (Å²) in [5, 5.41) is 13.6. The van der Waals surface area contributed by atoms with E-state index in [0.717, 1.165) is 5.56 Å². The van der Waals surface area contributed by atoms with E-state index in [1.165, 1.54) is 35.1 Å². The minimum Gasteiger partial charge on any atom is -0.457 e. The number of halogens is 2. The Morgan fingerprint density at radius 3 is 2.86 bits per heavy atom. The van der Waals surface area contributed by atoms with Crippen LogP contribution in [0, 0.1) is 0 Å². The third kappa shape index (κ3) is 4.57. The van der Waals surface area contributed by atoms with Gasteiger partial charge in [-0.1, -0.05) is 18.2 Å². The number of fused-ring (bicyclic) bond motifs is 1. The first-order valence-corrected chi connectivity index (χ1v) is 10.7. The Bertz CT molecular complexity index is 1530. The van der Waals surface area contributed by atoms with Crippen LogP contribution in [0.2, 0.25) is 0 Å². The lowest BCUT2D eigenvalue weighted by Gasteiger charge is -2.14. The lowest BCUT2D eigenvalue weighted by molar-refractivity contribution is -0.0494. The van der Waals surface area contributed by atoms with Crippen molar-refractivity contribution in [3.8, 4) is 28.5 Å². The highest BCUT2D eigenvalue weighted by atomic mass is 19.3. The van der Waals surface area contributed by atoms with Crippen LogP contribution in [-0.2, 0) is 6.54 Å². The van der Waals surface area contributed by atoms with Crippen LogP contribution in [0.1, 0.15) is 15.9 Å². The van der Waals surface area contributed by atoms with Crippen LogP contribution in [-0.4, -0.2) is 37.3 Å². The van der Waals surface area contributed by atoms with Crippen LogP contribution >= 0.6 is 0 Å². The lowest BCUT2D eigenvalue weighted by atomic mass is 10.1. The summed E-state index contributed by atoms with van der Waals surface area (Å²) in [5.41, 5.74) is 7.70. The molecule has 0 unspecified atom stereocenters. The highest BCUT2D eigenvalue weighted by molar-refractivity contribution is 6.09. The summed E-state index contributed by atoms with van der Waals surface area (Å²) < 4.78 is 38.4. The molecular weight excluding hydrogens is 472 g/mol. The van der Waals surface area contributed by atoms with E-state index in [-0.39, 0.29) is 34.8 Å². The quantitative estimate of drug-likeness (QED) is 0.296. The maximum atomic E-state index is 13.2. The Hall–Kier alpha value is -4.84. The van der Waals surface area contributed by atoms with Gasteiger partial charge in [-0.25, -0.2) is 9.50 Å². The van der Waals surface area contributed by atoms with E-state index in [1.807, 2.05) is 12.1 Å². The summed E-state index contributed by atoms with van der Waals surface area (Å²) in [4.78, 5) is 17.2. The highest BCUT2D eigenvalue weighted by Crippen LogP contribution is 2.38. The van der Waals surface area contributed by atoms with Gasteiger partial charge in [0.1, 0.15) is 28.5 Å². The molecule has 0 spiro atoms. The first-order chi connectivity index (χ1) is 17.5. The van der Waals surface area contributed by atoms with Gasteiger partial charge in [0.05, 0.1) is 17.4 Å². The zero-order valence-corrected chi connectivity index (χ0v) is 18.6. The van der Waals surface area contributed by atoms with Crippen molar-refractivity contribution in [3.63, 3.8) is 0 Å². The predicted octanol–water partition coefficient (Wildman–Crippen LogP) is 4.22. The summed E-state index contributed by atoms with van der Waals surface area (Å²) in [6, 6.07) is 13.2. The summed E-state index contributed by atoms with van der Waals surface area (Å²) >= 11 is 0. The Labute approximate surface area is 202 Å². The van der Waals surface area contributed by atoms with Crippen molar-refractivity contribution in [1.82, 2.24) is 24.8 Å². The molecule has 1 amide bonds. The molecular formula is C24H19F2N7O3. The molecule has 0 radical (unpaired) electrons.